The molecule has 4 nitrogen and oxygen atoms in total. The van der Waals surface area contributed by atoms with Crippen LogP contribution in [0, 0.1) is 0 Å². The standard InChI is InChI=1S/C16H10O3S.H3N/c17-20(18,19)14-9-7-12-5-4-10-2-1-3-11-6-8-13(14)16(12)15(10)11;/h1-9H,(H,17,18,19);1H3. The van der Waals surface area contributed by atoms with Crippen LogP contribution in [-0.4, -0.2) is 13.0 Å². The molecule has 0 aliphatic rings. The molecule has 21 heavy (non-hydrogen) atoms. The Balaban J connectivity index is 0.00000132. The highest BCUT2D eigenvalue weighted by Crippen LogP contribution is 2.36. The van der Waals surface area contributed by atoms with E-state index in [-0.39, 0.29) is 11.0 Å². The van der Waals surface area contributed by atoms with Gasteiger partial charge in [0.25, 0.3) is 0 Å². The molecule has 0 aliphatic carbocycles. The molecule has 0 bridgehead atoms. The Bertz CT molecular complexity index is 1060. The van der Waals surface area contributed by atoms with Crippen molar-refractivity contribution in [3.63, 3.8) is 0 Å². The van der Waals surface area contributed by atoms with E-state index in [0.717, 1.165) is 26.9 Å². The zero-order valence-corrected chi connectivity index (χ0v) is 12.1. The van der Waals surface area contributed by atoms with Gasteiger partial charge in [-0.15, -0.1) is 0 Å². The third-order valence-corrected chi connectivity index (χ3v) is 4.65. The van der Waals surface area contributed by atoms with Crippen LogP contribution in [0.4, 0.5) is 0 Å². The van der Waals surface area contributed by atoms with Crippen LogP contribution >= 0.6 is 0 Å². The second-order valence-electron chi connectivity index (χ2n) is 4.87. The van der Waals surface area contributed by atoms with E-state index in [9.17, 15) is 13.0 Å². The molecule has 4 rings (SSSR count). The monoisotopic (exact) mass is 299 g/mol. The van der Waals surface area contributed by atoms with E-state index in [1.807, 2.05) is 36.4 Å². The summed E-state index contributed by atoms with van der Waals surface area (Å²) in [5, 5.41) is 5.38. The van der Waals surface area contributed by atoms with Crippen LogP contribution in [-0.2, 0) is 10.1 Å². The molecule has 0 aliphatic heterocycles. The molecule has 0 spiro atoms. The van der Waals surface area contributed by atoms with Gasteiger partial charge in [0.2, 0.25) is 0 Å². The van der Waals surface area contributed by atoms with Crippen LogP contribution < -0.4 is 6.15 Å². The molecule has 4 aromatic rings. The molecule has 5 heteroatoms. The molecular formula is C16H13NO3S. The van der Waals surface area contributed by atoms with E-state index in [0.29, 0.717) is 5.39 Å². The fraction of sp³-hybridized carbons (Fsp3) is 0. The van der Waals surface area contributed by atoms with Crippen LogP contribution in [0.2, 0.25) is 0 Å². The van der Waals surface area contributed by atoms with Gasteiger partial charge in [0.15, 0.2) is 0 Å². The van der Waals surface area contributed by atoms with Crippen molar-refractivity contribution in [2.75, 3.05) is 0 Å². The maximum Gasteiger partial charge on any atom is 0.125 e. The molecule has 0 saturated carbocycles. The van der Waals surface area contributed by atoms with Gasteiger partial charge in [0.05, 0.1) is 4.90 Å². The highest BCUT2D eigenvalue weighted by atomic mass is 32.2. The van der Waals surface area contributed by atoms with Gasteiger partial charge in [0, 0.05) is 5.39 Å². The number of rotatable bonds is 1. The lowest BCUT2D eigenvalue weighted by Crippen LogP contribution is -2.00. The molecule has 0 heterocycles. The molecule has 0 atom stereocenters. The Morgan fingerprint density at radius 3 is 1.86 bits per heavy atom. The third kappa shape index (κ3) is 1.86. The zero-order chi connectivity index (χ0) is 13.9. The summed E-state index contributed by atoms with van der Waals surface area (Å²) < 4.78 is 34.3. The van der Waals surface area contributed by atoms with Crippen LogP contribution in [0.1, 0.15) is 0 Å². The fourth-order valence-corrected chi connectivity index (χ4v) is 3.60. The Hall–Kier alpha value is -2.21. The number of hydrogen-bond donors (Lipinski definition) is 1. The highest BCUT2D eigenvalue weighted by molar-refractivity contribution is 7.86. The van der Waals surface area contributed by atoms with E-state index in [1.54, 1.807) is 12.1 Å². The Kier molecular flexibility index (Phi) is 2.88. The van der Waals surface area contributed by atoms with Crippen molar-refractivity contribution in [3.8, 4) is 0 Å². The minimum absolute atomic E-state index is 0. The quantitative estimate of drug-likeness (QED) is 0.427. The summed E-state index contributed by atoms with van der Waals surface area (Å²) in [5.74, 6) is 0. The topological polar surface area (TPSA) is 93.7 Å². The molecule has 0 radical (unpaired) electrons. The lowest BCUT2D eigenvalue weighted by Gasteiger charge is -2.15. The number of benzene rings is 4. The average molecular weight is 299 g/mol. The molecule has 0 aromatic heterocycles. The first-order valence-electron chi connectivity index (χ1n) is 6.18. The molecule has 0 unspecified atom stereocenters. The van der Waals surface area contributed by atoms with E-state index >= 15 is 0 Å². The van der Waals surface area contributed by atoms with E-state index in [4.69, 9.17) is 0 Å². The van der Waals surface area contributed by atoms with Gasteiger partial charge in [0.1, 0.15) is 10.1 Å². The molecule has 0 fully saturated rings. The molecule has 0 saturated heterocycles. The van der Waals surface area contributed by atoms with Gasteiger partial charge in [-0.1, -0.05) is 48.5 Å². The summed E-state index contributed by atoms with van der Waals surface area (Å²) in [4.78, 5) is -0.150. The SMILES string of the molecule is O=S(=O)([O-])c1ccc2ccc3cccc4ccc1c2c34.[NH4+]. The maximum atomic E-state index is 11.4. The minimum Gasteiger partial charge on any atom is -0.744 e. The molecule has 4 aromatic carbocycles. The summed E-state index contributed by atoms with van der Waals surface area (Å²) >= 11 is 0. The van der Waals surface area contributed by atoms with Gasteiger partial charge in [-0.25, -0.2) is 8.42 Å². The Morgan fingerprint density at radius 1 is 0.714 bits per heavy atom. The largest absolute Gasteiger partial charge is 0.744 e. The zero-order valence-electron chi connectivity index (χ0n) is 11.3. The van der Waals surface area contributed by atoms with Gasteiger partial charge in [-0.2, -0.15) is 0 Å². The first-order valence-corrected chi connectivity index (χ1v) is 7.59. The van der Waals surface area contributed by atoms with Crippen molar-refractivity contribution in [2.24, 2.45) is 0 Å². The minimum atomic E-state index is -4.48. The van der Waals surface area contributed by atoms with Gasteiger partial charge in [-0.3, -0.25) is 0 Å². The summed E-state index contributed by atoms with van der Waals surface area (Å²) in [6.45, 7) is 0. The predicted molar refractivity (Wildman–Crippen MR) is 84.1 cm³/mol. The first-order chi connectivity index (χ1) is 9.55. The second kappa shape index (κ2) is 4.39. The molecule has 0 amide bonds. The van der Waals surface area contributed by atoms with E-state index in [2.05, 4.69) is 0 Å². The maximum absolute atomic E-state index is 11.4. The van der Waals surface area contributed by atoms with E-state index in [1.165, 1.54) is 6.07 Å². The van der Waals surface area contributed by atoms with Crippen molar-refractivity contribution in [1.82, 2.24) is 6.15 Å². The average Bonchev–Trinajstić information content (AvgIpc) is 2.43. The molecule has 106 valence electrons. The van der Waals surface area contributed by atoms with Crippen molar-refractivity contribution in [1.29, 1.82) is 0 Å². The number of quaternary nitrogens is 1. The highest BCUT2D eigenvalue weighted by Gasteiger charge is 2.13. The van der Waals surface area contributed by atoms with Crippen LogP contribution in [0.15, 0.2) is 59.5 Å². The summed E-state index contributed by atoms with van der Waals surface area (Å²) in [7, 11) is -4.48. The van der Waals surface area contributed by atoms with Crippen molar-refractivity contribution < 1.29 is 13.0 Å². The van der Waals surface area contributed by atoms with Crippen LogP contribution in [0.5, 0.6) is 0 Å². The summed E-state index contributed by atoms with van der Waals surface area (Å²) in [6.07, 6.45) is 0. The molecular weight excluding hydrogens is 286 g/mol. The van der Waals surface area contributed by atoms with Crippen molar-refractivity contribution in [3.05, 3.63) is 54.6 Å². The fourth-order valence-electron chi connectivity index (χ4n) is 2.93. The van der Waals surface area contributed by atoms with Crippen LogP contribution in [0.3, 0.4) is 0 Å². The molecule has 4 N–H and O–H groups in total. The number of hydrogen-bond acceptors (Lipinski definition) is 3. The lowest BCUT2D eigenvalue weighted by atomic mass is 9.94. The normalized spacial score (nSPS) is 12.0. The van der Waals surface area contributed by atoms with Gasteiger partial charge >= 0.3 is 0 Å². The smallest absolute Gasteiger partial charge is 0.125 e. The van der Waals surface area contributed by atoms with Gasteiger partial charge in [-0.05, 0) is 33.0 Å². The lowest BCUT2D eigenvalue weighted by molar-refractivity contribution is 0.464. The van der Waals surface area contributed by atoms with E-state index < -0.39 is 10.1 Å². The Morgan fingerprint density at radius 2 is 1.24 bits per heavy atom. The van der Waals surface area contributed by atoms with Crippen LogP contribution in [0.25, 0.3) is 32.3 Å². The van der Waals surface area contributed by atoms with Crippen molar-refractivity contribution >= 4 is 42.4 Å². The first kappa shape index (κ1) is 13.8. The van der Waals surface area contributed by atoms with Gasteiger partial charge < -0.3 is 10.7 Å². The third-order valence-electron chi connectivity index (χ3n) is 3.76. The second-order valence-corrected chi connectivity index (χ2v) is 6.22. The predicted octanol–water partition coefficient (Wildman–Crippen LogP) is 3.86. The summed E-state index contributed by atoms with van der Waals surface area (Å²) in [5.41, 5.74) is 0. The van der Waals surface area contributed by atoms with Crippen molar-refractivity contribution in [2.45, 2.75) is 4.90 Å². The Labute approximate surface area is 121 Å². The summed E-state index contributed by atoms with van der Waals surface area (Å²) in [6, 6.07) is 16.6.